The summed E-state index contributed by atoms with van der Waals surface area (Å²) >= 11 is 0. The van der Waals surface area contributed by atoms with E-state index in [0.717, 1.165) is 61.2 Å². The Labute approximate surface area is 461 Å². The number of ether oxygens (including phenoxy) is 1. The van der Waals surface area contributed by atoms with Gasteiger partial charge in [-0.25, -0.2) is 4.98 Å². The van der Waals surface area contributed by atoms with Crippen LogP contribution in [0.2, 0.25) is 0 Å². The smallest absolute Gasteiger partial charge is 0.268 e. The van der Waals surface area contributed by atoms with Crippen LogP contribution in [0.3, 0.4) is 0 Å². The summed E-state index contributed by atoms with van der Waals surface area (Å²) in [6.07, 6.45) is 10.7. The topological polar surface area (TPSA) is 35.9 Å². The molecule has 0 amide bonds. The molecule has 0 fully saturated rings. The summed E-state index contributed by atoms with van der Waals surface area (Å²) in [6, 6.07) is 67.1. The maximum absolute atomic E-state index is 6.81. The van der Waals surface area contributed by atoms with Crippen molar-refractivity contribution in [2.75, 3.05) is 0 Å². The van der Waals surface area contributed by atoms with Gasteiger partial charge in [-0.05, 0) is 143 Å². The van der Waals surface area contributed by atoms with Crippen molar-refractivity contribution in [2.45, 2.75) is 103 Å². The van der Waals surface area contributed by atoms with Crippen LogP contribution in [0.4, 0.5) is 0 Å². The monoisotopic (exact) mass is 1170 g/mol. The van der Waals surface area contributed by atoms with Crippen LogP contribution in [0.25, 0.3) is 94.5 Å². The zero-order valence-electron chi connectivity index (χ0n) is 44.5. The van der Waals surface area contributed by atoms with Crippen molar-refractivity contribution in [1.82, 2.24) is 14.1 Å². The Kier molecular flexibility index (Phi) is 11.0. The van der Waals surface area contributed by atoms with E-state index >= 15 is 0 Å². The van der Waals surface area contributed by atoms with Crippen LogP contribution < -0.4 is 9.30 Å². The molecule has 0 radical (unpaired) electrons. The quantitative estimate of drug-likeness (QED) is 0.127. The van der Waals surface area contributed by atoms with Gasteiger partial charge in [0.15, 0.2) is 0 Å². The fraction of sp³-hybridized carbons (Fsp3) is 0.229. The number of imidazole rings is 1. The summed E-state index contributed by atoms with van der Waals surface area (Å²) in [6.45, 7) is 19.1. The van der Waals surface area contributed by atoms with Crippen LogP contribution in [0.1, 0.15) is 103 Å². The summed E-state index contributed by atoms with van der Waals surface area (Å²) in [4.78, 5) is 4.91. The van der Waals surface area contributed by atoms with Gasteiger partial charge in [-0.2, -0.15) is 18.2 Å². The number of pyridine rings is 1. The largest absolute Gasteiger partial charge is 0.510 e. The van der Waals surface area contributed by atoms with Gasteiger partial charge in [0.2, 0.25) is 0 Å². The van der Waals surface area contributed by atoms with Gasteiger partial charge in [-0.1, -0.05) is 176 Å². The van der Waals surface area contributed by atoms with Crippen LogP contribution in [-0.4, -0.2) is 14.1 Å². The second-order valence-electron chi connectivity index (χ2n) is 24.1. The van der Waals surface area contributed by atoms with E-state index in [1.165, 1.54) is 75.8 Å². The minimum atomic E-state index is -0.0374. The second kappa shape index (κ2) is 17.3. The van der Waals surface area contributed by atoms with Gasteiger partial charge in [-0.15, -0.1) is 29.7 Å². The molecule has 378 valence electrons. The van der Waals surface area contributed by atoms with Gasteiger partial charge in [-0.3, -0.25) is 4.57 Å². The number of aromatic nitrogens is 4. The molecule has 0 N–H and O–H groups in total. The molecule has 0 atom stereocenters. The SMILES string of the molecule is CC(C)(C)c1ccnc(-n2c3[c-]c(Oc4[c-]c(-n5[c-][n+]6c7c(cccc75)-c5ccccc5-c5ccccc5-c5cccc(-c7cc8c9c(c7)C(C)(C)CCC9(C)CCC8(C)C)c5-6)ccc4)ccc3c3ccccc32)c1.[Pt]. The molecule has 1 aliphatic heterocycles. The van der Waals surface area contributed by atoms with E-state index < -0.39 is 0 Å². The predicted molar refractivity (Wildman–Crippen MR) is 306 cm³/mol. The third-order valence-corrected chi connectivity index (χ3v) is 17.4. The van der Waals surface area contributed by atoms with E-state index in [4.69, 9.17) is 9.72 Å². The molecule has 0 spiro atoms. The summed E-state index contributed by atoms with van der Waals surface area (Å²) in [7, 11) is 0. The van der Waals surface area contributed by atoms with E-state index in [9.17, 15) is 0 Å². The maximum Gasteiger partial charge on any atom is 0.268 e. The first kappa shape index (κ1) is 48.3. The molecule has 3 aromatic heterocycles. The number of hydrogen-bond acceptors (Lipinski definition) is 2. The van der Waals surface area contributed by atoms with Crippen molar-refractivity contribution in [1.29, 1.82) is 0 Å². The molecule has 6 heteroatoms. The molecule has 14 rings (SSSR count). The molecule has 0 bridgehead atoms. The molecule has 0 unspecified atom stereocenters. The van der Waals surface area contributed by atoms with Gasteiger partial charge < -0.3 is 13.9 Å². The molecule has 11 aromatic rings. The molecular formula is C70H60N4OPt-2. The van der Waals surface area contributed by atoms with Crippen LogP contribution in [0.15, 0.2) is 170 Å². The number of hydrogen-bond donors (Lipinski definition) is 0. The first-order valence-corrected chi connectivity index (χ1v) is 26.8. The minimum absolute atomic E-state index is 0. The molecule has 76 heavy (non-hydrogen) atoms. The van der Waals surface area contributed by atoms with Crippen LogP contribution >= 0.6 is 0 Å². The normalized spacial score (nSPS) is 15.6. The molecular weight excluding hydrogens is 1110 g/mol. The van der Waals surface area contributed by atoms with Crippen LogP contribution in [0.5, 0.6) is 11.5 Å². The van der Waals surface area contributed by atoms with Crippen molar-refractivity contribution < 1.29 is 30.4 Å². The standard InChI is InChI=1S/C70H60N4O.Pt/c1-67(2,3)45-32-37-71-63(40-45)74-60-28-14-13-24-54(60)55-31-30-48(42-62(55)74)75-47-19-15-18-46(41-47)72-43-73-65-49(44-38-58-64-59(39-44)69(6,7)34-36-70(64,8)35-33-68(58,4)5)25-16-26-56(65)52-22-11-9-20-50(52)51-21-10-12-23-53(51)57-27-17-29-61(72)66(57)73;/h9-32,37-40H,33-36H2,1-8H3;/q-2;. The maximum atomic E-state index is 6.81. The molecule has 4 heterocycles. The van der Waals surface area contributed by atoms with E-state index in [1.54, 1.807) is 5.56 Å². The second-order valence-corrected chi connectivity index (χ2v) is 24.1. The van der Waals surface area contributed by atoms with E-state index in [1.807, 2.05) is 18.3 Å². The first-order chi connectivity index (χ1) is 36.1. The molecule has 0 saturated carbocycles. The van der Waals surface area contributed by atoms with E-state index in [-0.39, 0.29) is 42.7 Å². The Morgan fingerprint density at radius 2 is 1.13 bits per heavy atom. The Balaban J connectivity index is 0.00000553. The average molecular weight is 1170 g/mol. The summed E-state index contributed by atoms with van der Waals surface area (Å²) in [5.74, 6) is 2.03. The van der Waals surface area contributed by atoms with Crippen LogP contribution in [0, 0.1) is 18.5 Å². The number of nitrogens with zero attached hydrogens (tertiary/aromatic N) is 4. The van der Waals surface area contributed by atoms with E-state index in [0.29, 0.717) is 11.5 Å². The van der Waals surface area contributed by atoms with Gasteiger partial charge in [0.25, 0.3) is 6.33 Å². The Morgan fingerprint density at radius 1 is 0.553 bits per heavy atom. The predicted octanol–water partition coefficient (Wildman–Crippen LogP) is 17.3. The average Bonchev–Trinajstić information content (AvgIpc) is 4.15. The third-order valence-electron chi connectivity index (χ3n) is 17.4. The number of fused-ring (bicyclic) bond motifs is 10. The number of para-hydroxylation sites is 3. The van der Waals surface area contributed by atoms with Crippen LogP contribution in [-0.2, 0) is 42.7 Å². The molecule has 0 saturated heterocycles. The van der Waals surface area contributed by atoms with Gasteiger partial charge >= 0.3 is 0 Å². The fourth-order valence-corrected chi connectivity index (χ4v) is 13.1. The van der Waals surface area contributed by atoms with E-state index in [2.05, 4.69) is 239 Å². The number of rotatable bonds is 5. The Bertz CT molecular complexity index is 4140. The van der Waals surface area contributed by atoms with Crippen molar-refractivity contribution in [3.8, 4) is 73.2 Å². The zero-order valence-corrected chi connectivity index (χ0v) is 46.8. The fourth-order valence-electron chi connectivity index (χ4n) is 13.1. The van der Waals surface area contributed by atoms with Crippen molar-refractivity contribution in [3.05, 3.63) is 211 Å². The third kappa shape index (κ3) is 7.43. The first-order valence-electron chi connectivity index (χ1n) is 26.8. The summed E-state index contributed by atoms with van der Waals surface area (Å²) in [5.41, 5.74) is 21.6. The summed E-state index contributed by atoms with van der Waals surface area (Å²) < 4.78 is 13.6. The Hall–Kier alpha value is -7.33. The molecule has 5 nitrogen and oxygen atoms in total. The van der Waals surface area contributed by atoms with Gasteiger partial charge in [0.1, 0.15) is 5.82 Å². The zero-order chi connectivity index (χ0) is 51.2. The molecule has 2 aliphatic carbocycles. The summed E-state index contributed by atoms with van der Waals surface area (Å²) in [5, 5.41) is 2.23. The van der Waals surface area contributed by atoms with Gasteiger partial charge in [0, 0.05) is 44.3 Å². The molecule has 3 aliphatic rings. The van der Waals surface area contributed by atoms with Crippen molar-refractivity contribution >= 4 is 32.8 Å². The minimum Gasteiger partial charge on any atom is -0.510 e. The van der Waals surface area contributed by atoms with Crippen molar-refractivity contribution in [3.63, 3.8) is 0 Å². The number of benzene rings is 8. The molecule has 8 aromatic carbocycles. The van der Waals surface area contributed by atoms with Gasteiger partial charge in [0.05, 0.1) is 16.7 Å². The van der Waals surface area contributed by atoms with Crippen molar-refractivity contribution in [2.24, 2.45) is 0 Å². The Morgan fingerprint density at radius 3 is 1.84 bits per heavy atom.